The maximum absolute atomic E-state index is 7.69. The fourth-order valence-corrected chi connectivity index (χ4v) is 2.91. The van der Waals surface area contributed by atoms with Crippen LogP contribution >= 0.6 is 11.6 Å². The van der Waals surface area contributed by atoms with Gasteiger partial charge in [-0.15, -0.1) is 0 Å². The summed E-state index contributed by atoms with van der Waals surface area (Å²) in [5.41, 5.74) is 8.79. The second kappa shape index (κ2) is 5.77. The van der Waals surface area contributed by atoms with E-state index < -0.39 is 0 Å². The molecule has 0 spiro atoms. The average molecular weight is 304 g/mol. The van der Waals surface area contributed by atoms with Gasteiger partial charge in [0.1, 0.15) is 5.82 Å². The van der Waals surface area contributed by atoms with E-state index in [0.717, 1.165) is 53.5 Å². The molecule has 1 aliphatic rings. The van der Waals surface area contributed by atoms with Crippen LogP contribution in [0.2, 0.25) is 5.02 Å². The number of nitrogens with one attached hydrogen (secondary N) is 2. The van der Waals surface area contributed by atoms with Gasteiger partial charge in [-0.2, -0.15) is 9.78 Å². The second-order valence-corrected chi connectivity index (χ2v) is 5.63. The Labute approximate surface area is 128 Å². The van der Waals surface area contributed by atoms with Crippen LogP contribution in [0.3, 0.4) is 0 Å². The van der Waals surface area contributed by atoms with Crippen molar-refractivity contribution < 1.29 is 0 Å². The fraction of sp³-hybridized carbons (Fsp3) is 0.333. The molecule has 5 nitrogen and oxygen atoms in total. The molecule has 0 saturated carbocycles. The van der Waals surface area contributed by atoms with Crippen LogP contribution in [0.15, 0.2) is 24.3 Å². The van der Waals surface area contributed by atoms with Gasteiger partial charge in [0.15, 0.2) is 0 Å². The maximum Gasteiger partial charge on any atom is 0.215 e. The van der Waals surface area contributed by atoms with Crippen molar-refractivity contribution in [3.8, 4) is 0 Å². The van der Waals surface area contributed by atoms with E-state index in [4.69, 9.17) is 22.7 Å². The minimum atomic E-state index is -0.0638. The van der Waals surface area contributed by atoms with Crippen LogP contribution in [0.25, 0.3) is 0 Å². The van der Waals surface area contributed by atoms with E-state index in [1.54, 1.807) is 0 Å². The lowest BCUT2D eigenvalue weighted by Crippen LogP contribution is -2.24. The normalized spacial score (nSPS) is 14.1. The van der Waals surface area contributed by atoms with Crippen LogP contribution < -0.4 is 11.1 Å². The number of benzene rings is 1. The Hall–Kier alpha value is -2.01. The molecular formula is C15H18ClN5. The van der Waals surface area contributed by atoms with Gasteiger partial charge in [-0.1, -0.05) is 29.8 Å². The van der Waals surface area contributed by atoms with Crippen molar-refractivity contribution in [3.05, 3.63) is 46.1 Å². The van der Waals surface area contributed by atoms with Crippen LogP contribution in [0.4, 0.5) is 5.82 Å². The topological polar surface area (TPSA) is 79.7 Å². The molecule has 2 heterocycles. The van der Waals surface area contributed by atoms with Gasteiger partial charge in [0.2, 0.25) is 5.96 Å². The number of hydrogen-bond acceptors (Lipinski definition) is 3. The number of nitrogen functional groups attached to an aromatic ring is 1. The number of halogens is 1. The van der Waals surface area contributed by atoms with Crippen LogP contribution in [0, 0.1) is 5.41 Å². The predicted octanol–water partition coefficient (Wildman–Crippen LogP) is 2.62. The quantitative estimate of drug-likeness (QED) is 0.589. The third-order valence-corrected chi connectivity index (χ3v) is 4.13. The summed E-state index contributed by atoms with van der Waals surface area (Å²) in [4.78, 5) is 0. The van der Waals surface area contributed by atoms with E-state index in [1.165, 1.54) is 4.68 Å². The largest absolute Gasteiger partial charge is 0.370 e. The van der Waals surface area contributed by atoms with E-state index in [9.17, 15) is 0 Å². The van der Waals surface area contributed by atoms with Crippen LogP contribution in [-0.2, 0) is 12.8 Å². The fourth-order valence-electron chi connectivity index (χ4n) is 2.71. The van der Waals surface area contributed by atoms with Gasteiger partial charge in [0, 0.05) is 23.6 Å². The molecule has 0 aliphatic carbocycles. The molecule has 3 rings (SSSR count). The Morgan fingerprint density at radius 3 is 2.95 bits per heavy atom. The summed E-state index contributed by atoms with van der Waals surface area (Å²) in [6.07, 6.45) is 3.83. The Balaban J connectivity index is 2.02. The van der Waals surface area contributed by atoms with Gasteiger partial charge in [-0.05, 0) is 30.9 Å². The van der Waals surface area contributed by atoms with Crippen molar-refractivity contribution in [3.63, 3.8) is 0 Å². The summed E-state index contributed by atoms with van der Waals surface area (Å²) in [5.74, 6) is 0.799. The molecule has 0 saturated heterocycles. The molecule has 1 aromatic heterocycles. The van der Waals surface area contributed by atoms with Gasteiger partial charge < -0.3 is 11.1 Å². The van der Waals surface area contributed by atoms with Crippen molar-refractivity contribution >= 4 is 23.4 Å². The molecule has 4 N–H and O–H groups in total. The maximum atomic E-state index is 7.69. The summed E-state index contributed by atoms with van der Waals surface area (Å²) in [6, 6.07) is 7.78. The molecule has 0 unspecified atom stereocenters. The second-order valence-electron chi connectivity index (χ2n) is 5.22. The smallest absolute Gasteiger partial charge is 0.215 e. The third-order valence-electron chi connectivity index (χ3n) is 3.76. The molecule has 0 bridgehead atoms. The molecule has 0 atom stereocenters. The number of nitrogens with two attached hydrogens (primary N) is 1. The standard InChI is InChI=1S/C15H18ClN5/c16-12-7-2-1-5-10(12)9-13-11-6-3-4-8-19-14(11)21(20-13)15(17)18/h1-2,5,7,19H,3-4,6,8-9H2,(H3,17,18). The Bertz CT molecular complexity index is 677. The zero-order chi connectivity index (χ0) is 14.8. The van der Waals surface area contributed by atoms with Gasteiger partial charge in [0.25, 0.3) is 0 Å². The summed E-state index contributed by atoms with van der Waals surface area (Å²) in [6.45, 7) is 0.886. The van der Waals surface area contributed by atoms with Crippen molar-refractivity contribution in [1.82, 2.24) is 9.78 Å². The van der Waals surface area contributed by atoms with Gasteiger partial charge in [0.05, 0.1) is 5.69 Å². The summed E-state index contributed by atoms with van der Waals surface area (Å²) >= 11 is 6.24. The van der Waals surface area contributed by atoms with E-state index in [2.05, 4.69) is 10.4 Å². The summed E-state index contributed by atoms with van der Waals surface area (Å²) < 4.78 is 1.49. The first kappa shape index (κ1) is 13.9. The molecule has 1 aliphatic heterocycles. The highest BCUT2D eigenvalue weighted by molar-refractivity contribution is 6.31. The number of hydrogen-bond donors (Lipinski definition) is 3. The molecule has 21 heavy (non-hydrogen) atoms. The lowest BCUT2D eigenvalue weighted by molar-refractivity contribution is 0.770. The predicted molar refractivity (Wildman–Crippen MR) is 85.2 cm³/mol. The highest BCUT2D eigenvalue weighted by Crippen LogP contribution is 2.28. The molecular weight excluding hydrogens is 286 g/mol. The van der Waals surface area contributed by atoms with Crippen molar-refractivity contribution in [2.24, 2.45) is 5.73 Å². The van der Waals surface area contributed by atoms with E-state index in [0.29, 0.717) is 6.42 Å². The zero-order valence-corrected chi connectivity index (χ0v) is 12.5. The average Bonchev–Trinajstić information content (AvgIpc) is 2.65. The zero-order valence-electron chi connectivity index (χ0n) is 11.7. The summed E-state index contributed by atoms with van der Waals surface area (Å²) in [7, 11) is 0. The van der Waals surface area contributed by atoms with E-state index >= 15 is 0 Å². The monoisotopic (exact) mass is 303 g/mol. The molecule has 2 aromatic rings. The first-order valence-corrected chi connectivity index (χ1v) is 7.47. The molecule has 0 amide bonds. The first-order valence-electron chi connectivity index (χ1n) is 7.09. The minimum absolute atomic E-state index is 0.0638. The highest BCUT2D eigenvalue weighted by Gasteiger charge is 2.21. The van der Waals surface area contributed by atoms with Crippen LogP contribution in [-0.4, -0.2) is 22.3 Å². The Morgan fingerprint density at radius 1 is 1.38 bits per heavy atom. The number of rotatable bonds is 2. The molecule has 6 heteroatoms. The highest BCUT2D eigenvalue weighted by atomic mass is 35.5. The van der Waals surface area contributed by atoms with E-state index in [-0.39, 0.29) is 5.96 Å². The van der Waals surface area contributed by atoms with Gasteiger partial charge >= 0.3 is 0 Å². The molecule has 1 aromatic carbocycles. The number of aromatic nitrogens is 2. The lowest BCUT2D eigenvalue weighted by Gasteiger charge is -2.06. The first-order chi connectivity index (χ1) is 10.2. The van der Waals surface area contributed by atoms with Crippen molar-refractivity contribution in [2.45, 2.75) is 25.7 Å². The van der Waals surface area contributed by atoms with Crippen molar-refractivity contribution in [2.75, 3.05) is 11.9 Å². The molecule has 0 fully saturated rings. The lowest BCUT2D eigenvalue weighted by atomic mass is 10.0. The number of nitrogens with zero attached hydrogens (tertiary/aromatic N) is 2. The van der Waals surface area contributed by atoms with Crippen molar-refractivity contribution in [1.29, 1.82) is 5.41 Å². The Kier molecular flexibility index (Phi) is 3.84. The Morgan fingerprint density at radius 2 is 2.19 bits per heavy atom. The van der Waals surface area contributed by atoms with Gasteiger partial charge in [-0.25, -0.2) is 0 Å². The summed E-state index contributed by atoms with van der Waals surface area (Å²) in [5, 5.41) is 16.3. The van der Waals surface area contributed by atoms with E-state index in [1.807, 2.05) is 24.3 Å². The number of fused-ring (bicyclic) bond motifs is 1. The molecule has 110 valence electrons. The minimum Gasteiger partial charge on any atom is -0.370 e. The SMILES string of the molecule is N=C(N)n1nc(Cc2ccccc2Cl)c2c1NCCCC2. The van der Waals surface area contributed by atoms with Crippen LogP contribution in [0.5, 0.6) is 0 Å². The van der Waals surface area contributed by atoms with Crippen LogP contribution in [0.1, 0.15) is 29.7 Å². The number of anilines is 1. The van der Waals surface area contributed by atoms with Gasteiger partial charge in [-0.3, -0.25) is 5.41 Å². The third kappa shape index (κ3) is 2.74. The molecule has 0 radical (unpaired) electrons.